The Labute approximate surface area is 131 Å². The predicted molar refractivity (Wildman–Crippen MR) is 86.4 cm³/mol. The molecule has 0 fully saturated rings. The van der Waals surface area contributed by atoms with Gasteiger partial charge in [0.15, 0.2) is 0 Å². The van der Waals surface area contributed by atoms with Gasteiger partial charge in [-0.3, -0.25) is 0 Å². The summed E-state index contributed by atoms with van der Waals surface area (Å²) in [7, 11) is -3.56. The summed E-state index contributed by atoms with van der Waals surface area (Å²) in [4.78, 5) is 1.35. The maximum Gasteiger partial charge on any atom is 0.241 e. The molecule has 0 aliphatic heterocycles. The first kappa shape index (κ1) is 15.5. The quantitative estimate of drug-likeness (QED) is 0.790. The van der Waals surface area contributed by atoms with E-state index in [9.17, 15) is 8.42 Å². The third-order valence-electron chi connectivity index (χ3n) is 2.69. The number of benzene rings is 1. The average Bonchev–Trinajstić information content (AvgIpc) is 2.79. The fourth-order valence-corrected chi connectivity index (χ4v) is 5.01. The van der Waals surface area contributed by atoms with Gasteiger partial charge < -0.3 is 5.73 Å². The summed E-state index contributed by atoms with van der Waals surface area (Å²) in [6, 6.07) is 8.43. The first-order valence-electron chi connectivity index (χ1n) is 5.98. The number of rotatable bonds is 5. The van der Waals surface area contributed by atoms with Crippen LogP contribution in [0.1, 0.15) is 11.8 Å². The fraction of sp³-hybridized carbons (Fsp3) is 0.231. The second-order valence-corrected chi connectivity index (χ2v) is 8.06. The molecule has 1 heterocycles. The Kier molecular flexibility index (Phi) is 4.85. The average molecular weight is 375 g/mol. The number of hydrogen-bond donors (Lipinski definition) is 2. The van der Waals surface area contributed by atoms with Gasteiger partial charge in [0, 0.05) is 21.1 Å². The van der Waals surface area contributed by atoms with Gasteiger partial charge in [-0.15, -0.1) is 11.3 Å². The first-order chi connectivity index (χ1) is 9.38. The zero-order valence-electron chi connectivity index (χ0n) is 10.8. The molecule has 0 aliphatic carbocycles. The molecule has 20 heavy (non-hydrogen) atoms. The smallest absolute Gasteiger partial charge is 0.241 e. The largest absolute Gasteiger partial charge is 0.399 e. The van der Waals surface area contributed by atoms with Gasteiger partial charge >= 0.3 is 0 Å². The number of nitrogens with one attached hydrogen (secondary N) is 1. The Bertz CT molecular complexity index is 684. The highest BCUT2D eigenvalue weighted by Gasteiger charge is 2.20. The summed E-state index contributed by atoms with van der Waals surface area (Å²) in [6.07, 6.45) is 0.670. The van der Waals surface area contributed by atoms with Crippen LogP contribution in [0, 0.1) is 0 Å². The van der Waals surface area contributed by atoms with Crippen molar-refractivity contribution in [3.63, 3.8) is 0 Å². The minimum absolute atomic E-state index is 0.178. The van der Waals surface area contributed by atoms with Crippen LogP contribution in [-0.4, -0.2) is 14.5 Å². The van der Waals surface area contributed by atoms with Crippen molar-refractivity contribution < 1.29 is 8.42 Å². The lowest BCUT2D eigenvalue weighted by Gasteiger charge is -2.14. The van der Waals surface area contributed by atoms with E-state index in [1.807, 2.05) is 24.4 Å². The molecular formula is C13H15BrN2O2S2. The number of anilines is 1. The van der Waals surface area contributed by atoms with Crippen molar-refractivity contribution in [1.29, 1.82) is 0 Å². The Balaban J connectivity index is 2.14. The van der Waals surface area contributed by atoms with Crippen LogP contribution in [0.4, 0.5) is 5.69 Å². The number of halogens is 1. The van der Waals surface area contributed by atoms with Crippen LogP contribution in [0.15, 0.2) is 45.1 Å². The standard InChI is InChI=1S/C13H15BrN2O2S2/c1-9(7-11-3-2-6-19-11)16-20(17,18)13-5-4-10(15)8-12(13)14/h2-6,8-9,16H,7,15H2,1H3. The zero-order valence-corrected chi connectivity index (χ0v) is 14.1. The van der Waals surface area contributed by atoms with Gasteiger partial charge in [0.05, 0.1) is 4.90 Å². The van der Waals surface area contributed by atoms with Gasteiger partial charge in [0.1, 0.15) is 0 Å². The molecule has 1 aromatic heterocycles. The van der Waals surface area contributed by atoms with Crippen molar-refractivity contribution in [3.8, 4) is 0 Å². The van der Waals surface area contributed by atoms with Gasteiger partial charge in [-0.1, -0.05) is 6.07 Å². The van der Waals surface area contributed by atoms with Gasteiger partial charge in [-0.05, 0) is 58.9 Å². The van der Waals surface area contributed by atoms with E-state index in [4.69, 9.17) is 5.73 Å². The molecule has 1 atom stereocenters. The number of hydrogen-bond acceptors (Lipinski definition) is 4. The lowest BCUT2D eigenvalue weighted by Crippen LogP contribution is -2.34. The molecule has 0 aliphatic rings. The highest BCUT2D eigenvalue weighted by atomic mass is 79.9. The highest BCUT2D eigenvalue weighted by molar-refractivity contribution is 9.10. The summed E-state index contributed by atoms with van der Waals surface area (Å²) in [5.41, 5.74) is 6.13. The van der Waals surface area contributed by atoms with Crippen LogP contribution >= 0.6 is 27.3 Å². The molecule has 0 saturated carbocycles. The maximum atomic E-state index is 12.3. The minimum atomic E-state index is -3.56. The molecule has 0 radical (unpaired) electrons. The molecule has 2 rings (SSSR count). The third-order valence-corrected chi connectivity index (χ3v) is 6.15. The molecule has 1 unspecified atom stereocenters. The molecule has 0 spiro atoms. The monoisotopic (exact) mass is 374 g/mol. The molecule has 0 bridgehead atoms. The van der Waals surface area contributed by atoms with Crippen LogP contribution in [0.2, 0.25) is 0 Å². The van der Waals surface area contributed by atoms with Crippen molar-refractivity contribution in [2.75, 3.05) is 5.73 Å². The molecular weight excluding hydrogens is 360 g/mol. The van der Waals surface area contributed by atoms with E-state index < -0.39 is 10.0 Å². The van der Waals surface area contributed by atoms with E-state index in [2.05, 4.69) is 20.7 Å². The molecule has 4 nitrogen and oxygen atoms in total. The minimum Gasteiger partial charge on any atom is -0.399 e. The van der Waals surface area contributed by atoms with E-state index in [1.165, 1.54) is 6.07 Å². The Morgan fingerprint density at radius 2 is 2.15 bits per heavy atom. The molecule has 0 amide bonds. The van der Waals surface area contributed by atoms with Crippen molar-refractivity contribution >= 4 is 43.0 Å². The number of thiophene rings is 1. The van der Waals surface area contributed by atoms with Gasteiger partial charge in [0.2, 0.25) is 10.0 Å². The van der Waals surface area contributed by atoms with Crippen LogP contribution < -0.4 is 10.5 Å². The summed E-state index contributed by atoms with van der Waals surface area (Å²) in [5, 5.41) is 1.98. The fourth-order valence-electron chi connectivity index (χ4n) is 1.84. The Hall–Kier alpha value is -0.890. The lowest BCUT2D eigenvalue weighted by atomic mass is 10.2. The van der Waals surface area contributed by atoms with Crippen molar-refractivity contribution in [3.05, 3.63) is 45.1 Å². The molecule has 108 valence electrons. The summed E-state index contributed by atoms with van der Waals surface area (Å²) in [5.74, 6) is 0. The molecule has 1 aromatic carbocycles. The van der Waals surface area contributed by atoms with Crippen LogP contribution in [-0.2, 0) is 16.4 Å². The van der Waals surface area contributed by atoms with Crippen molar-refractivity contribution in [2.24, 2.45) is 0 Å². The highest BCUT2D eigenvalue weighted by Crippen LogP contribution is 2.24. The SMILES string of the molecule is CC(Cc1cccs1)NS(=O)(=O)c1ccc(N)cc1Br. The topological polar surface area (TPSA) is 72.2 Å². The number of nitrogens with two attached hydrogens (primary N) is 1. The zero-order chi connectivity index (χ0) is 14.8. The number of sulfonamides is 1. The van der Waals surface area contributed by atoms with E-state index in [0.29, 0.717) is 16.6 Å². The van der Waals surface area contributed by atoms with E-state index in [-0.39, 0.29) is 10.9 Å². The number of nitrogen functional groups attached to an aromatic ring is 1. The van der Waals surface area contributed by atoms with Crippen LogP contribution in [0.5, 0.6) is 0 Å². The van der Waals surface area contributed by atoms with Crippen LogP contribution in [0.25, 0.3) is 0 Å². The second-order valence-electron chi connectivity index (χ2n) is 4.50. The summed E-state index contributed by atoms with van der Waals surface area (Å²) in [6.45, 7) is 1.85. The van der Waals surface area contributed by atoms with E-state index >= 15 is 0 Å². The van der Waals surface area contributed by atoms with E-state index in [1.54, 1.807) is 23.5 Å². The second kappa shape index (κ2) is 6.26. The first-order valence-corrected chi connectivity index (χ1v) is 9.14. The van der Waals surface area contributed by atoms with Crippen molar-refractivity contribution in [2.45, 2.75) is 24.3 Å². The van der Waals surface area contributed by atoms with E-state index in [0.717, 1.165) is 4.88 Å². The van der Waals surface area contributed by atoms with Crippen LogP contribution in [0.3, 0.4) is 0 Å². The normalized spacial score (nSPS) is 13.3. The maximum absolute atomic E-state index is 12.3. The third kappa shape index (κ3) is 3.82. The van der Waals surface area contributed by atoms with Crippen molar-refractivity contribution in [1.82, 2.24) is 4.72 Å². The summed E-state index contributed by atoms with van der Waals surface area (Å²) >= 11 is 4.85. The molecule has 0 saturated heterocycles. The summed E-state index contributed by atoms with van der Waals surface area (Å²) < 4.78 is 27.8. The molecule has 2 aromatic rings. The Morgan fingerprint density at radius 1 is 1.40 bits per heavy atom. The van der Waals surface area contributed by atoms with Gasteiger partial charge in [-0.2, -0.15) is 0 Å². The molecule has 3 N–H and O–H groups in total. The van der Waals surface area contributed by atoms with Gasteiger partial charge in [-0.25, -0.2) is 13.1 Å². The van der Waals surface area contributed by atoms with Gasteiger partial charge in [0.25, 0.3) is 0 Å². The lowest BCUT2D eigenvalue weighted by molar-refractivity contribution is 0.560. The molecule has 7 heteroatoms. The Morgan fingerprint density at radius 3 is 2.75 bits per heavy atom. The predicted octanol–water partition coefficient (Wildman–Crippen LogP) is 3.00.